The third-order valence-corrected chi connectivity index (χ3v) is 3.45. The molecule has 0 aliphatic carbocycles. The van der Waals surface area contributed by atoms with E-state index < -0.39 is 0 Å². The molecule has 0 spiro atoms. The van der Waals surface area contributed by atoms with Gasteiger partial charge in [-0.2, -0.15) is 0 Å². The zero-order valence-electron chi connectivity index (χ0n) is 10.3. The summed E-state index contributed by atoms with van der Waals surface area (Å²) in [4.78, 5) is 0. The highest BCUT2D eigenvalue weighted by atomic mass is 35.5. The number of ether oxygens (including phenoxy) is 2. The summed E-state index contributed by atoms with van der Waals surface area (Å²) in [6.45, 7) is 1.04. The topological polar surface area (TPSA) is 30.5 Å². The molecule has 0 saturated carbocycles. The van der Waals surface area contributed by atoms with Gasteiger partial charge in [-0.25, -0.2) is 0 Å². The van der Waals surface area contributed by atoms with Gasteiger partial charge in [-0.05, 0) is 25.5 Å². The molecule has 1 aromatic rings. The summed E-state index contributed by atoms with van der Waals surface area (Å²) in [6, 6.07) is 4.10. The lowest BCUT2D eigenvalue weighted by Gasteiger charge is -2.26. The van der Waals surface area contributed by atoms with E-state index in [0.29, 0.717) is 11.1 Å². The molecule has 1 aliphatic rings. The average molecular weight is 256 g/mol. The van der Waals surface area contributed by atoms with E-state index in [2.05, 4.69) is 5.32 Å². The zero-order valence-corrected chi connectivity index (χ0v) is 11.0. The zero-order chi connectivity index (χ0) is 12.3. The van der Waals surface area contributed by atoms with Gasteiger partial charge in [0, 0.05) is 17.7 Å². The van der Waals surface area contributed by atoms with E-state index in [-0.39, 0.29) is 0 Å². The van der Waals surface area contributed by atoms with E-state index in [1.807, 2.05) is 6.07 Å². The Morgan fingerprint density at radius 3 is 2.65 bits per heavy atom. The molecule has 0 aromatic heterocycles. The molecular weight excluding hydrogens is 238 g/mol. The van der Waals surface area contributed by atoms with E-state index in [4.69, 9.17) is 21.1 Å². The van der Waals surface area contributed by atoms with E-state index in [1.165, 1.54) is 12.8 Å². The number of rotatable bonds is 3. The highest BCUT2D eigenvalue weighted by Crippen LogP contribution is 2.38. The third kappa shape index (κ3) is 2.67. The largest absolute Gasteiger partial charge is 0.497 e. The normalized spacial score (nSPS) is 20.1. The summed E-state index contributed by atoms with van der Waals surface area (Å²) in [5.41, 5.74) is 1.09. The van der Waals surface area contributed by atoms with Crippen LogP contribution in [0.15, 0.2) is 12.1 Å². The Hall–Kier alpha value is -0.930. The predicted octanol–water partition coefficient (Wildman–Crippen LogP) is 3.17. The minimum absolute atomic E-state index is 0.311. The van der Waals surface area contributed by atoms with Crippen molar-refractivity contribution in [1.82, 2.24) is 5.32 Å². The molecule has 1 saturated heterocycles. The Balaban J connectivity index is 2.38. The van der Waals surface area contributed by atoms with E-state index in [9.17, 15) is 0 Å². The summed E-state index contributed by atoms with van der Waals surface area (Å²) in [5.74, 6) is 1.53. The van der Waals surface area contributed by atoms with E-state index in [1.54, 1.807) is 20.3 Å². The number of methoxy groups -OCH3 is 2. The summed E-state index contributed by atoms with van der Waals surface area (Å²) < 4.78 is 10.7. The van der Waals surface area contributed by atoms with Crippen molar-refractivity contribution in [3.05, 3.63) is 22.7 Å². The second-order valence-electron chi connectivity index (χ2n) is 4.23. The Morgan fingerprint density at radius 2 is 2.06 bits per heavy atom. The average Bonchev–Trinajstić information content (AvgIpc) is 2.38. The van der Waals surface area contributed by atoms with Gasteiger partial charge in [0.15, 0.2) is 0 Å². The van der Waals surface area contributed by atoms with Gasteiger partial charge < -0.3 is 14.8 Å². The Morgan fingerprint density at radius 1 is 1.24 bits per heavy atom. The lowest BCUT2D eigenvalue weighted by Crippen LogP contribution is -2.27. The van der Waals surface area contributed by atoms with Gasteiger partial charge >= 0.3 is 0 Å². The molecule has 1 atom stereocenters. The maximum Gasteiger partial charge on any atom is 0.142 e. The van der Waals surface area contributed by atoms with Gasteiger partial charge in [0.25, 0.3) is 0 Å². The molecule has 1 aliphatic heterocycles. The first-order chi connectivity index (χ1) is 8.26. The van der Waals surface area contributed by atoms with Crippen LogP contribution < -0.4 is 14.8 Å². The molecule has 3 nitrogen and oxygen atoms in total. The highest BCUT2D eigenvalue weighted by Gasteiger charge is 2.21. The fourth-order valence-corrected chi connectivity index (χ4v) is 2.59. The lowest BCUT2D eigenvalue weighted by molar-refractivity contribution is 0.368. The summed E-state index contributed by atoms with van der Waals surface area (Å²) in [6.07, 6.45) is 3.58. The van der Waals surface area contributed by atoms with Crippen molar-refractivity contribution < 1.29 is 9.47 Å². The number of nitrogens with one attached hydrogen (secondary N) is 1. The minimum Gasteiger partial charge on any atom is -0.497 e. The summed E-state index contributed by atoms with van der Waals surface area (Å²) in [7, 11) is 3.30. The number of piperidine rings is 1. The van der Waals surface area contributed by atoms with Crippen LogP contribution >= 0.6 is 11.6 Å². The first kappa shape index (κ1) is 12.5. The van der Waals surface area contributed by atoms with Crippen molar-refractivity contribution in [3.8, 4) is 11.5 Å². The molecule has 4 heteroatoms. The molecule has 1 N–H and O–H groups in total. The predicted molar refractivity (Wildman–Crippen MR) is 69.2 cm³/mol. The van der Waals surface area contributed by atoms with Gasteiger partial charge in [0.2, 0.25) is 0 Å². The molecule has 1 aromatic carbocycles. The first-order valence-corrected chi connectivity index (χ1v) is 6.29. The van der Waals surface area contributed by atoms with E-state index >= 15 is 0 Å². The molecule has 1 heterocycles. The standard InChI is InChI=1S/C13H18ClNO2/c1-16-9-7-10(12-5-3-4-6-15-12)13(17-2)11(14)8-9/h7-8,12,15H,3-6H2,1-2H3. The second-order valence-corrected chi connectivity index (χ2v) is 4.64. The van der Waals surface area contributed by atoms with Gasteiger partial charge in [-0.1, -0.05) is 18.0 Å². The van der Waals surface area contributed by atoms with E-state index in [0.717, 1.165) is 30.0 Å². The highest BCUT2D eigenvalue weighted by molar-refractivity contribution is 6.32. The molecule has 2 rings (SSSR count). The van der Waals surface area contributed by atoms with Crippen LogP contribution in [0.5, 0.6) is 11.5 Å². The monoisotopic (exact) mass is 255 g/mol. The molecule has 0 amide bonds. The fraction of sp³-hybridized carbons (Fsp3) is 0.538. The third-order valence-electron chi connectivity index (χ3n) is 3.17. The maximum atomic E-state index is 6.20. The van der Waals surface area contributed by atoms with Crippen LogP contribution in [0.3, 0.4) is 0 Å². The van der Waals surface area contributed by atoms with Crippen LogP contribution in [-0.2, 0) is 0 Å². The van der Waals surface area contributed by atoms with Gasteiger partial charge in [-0.3, -0.25) is 0 Å². The van der Waals surface area contributed by atoms with Crippen LogP contribution in [-0.4, -0.2) is 20.8 Å². The number of halogens is 1. The molecule has 0 radical (unpaired) electrons. The number of hydrogen-bond donors (Lipinski definition) is 1. The van der Waals surface area contributed by atoms with Crippen LogP contribution in [0.25, 0.3) is 0 Å². The van der Waals surface area contributed by atoms with Crippen LogP contribution in [0, 0.1) is 0 Å². The Kier molecular flexibility index (Phi) is 4.13. The van der Waals surface area contributed by atoms with Crippen molar-refractivity contribution in [2.45, 2.75) is 25.3 Å². The van der Waals surface area contributed by atoms with Gasteiger partial charge in [-0.15, -0.1) is 0 Å². The molecule has 0 bridgehead atoms. The molecular formula is C13H18ClNO2. The lowest BCUT2D eigenvalue weighted by atomic mass is 9.96. The molecule has 94 valence electrons. The van der Waals surface area contributed by atoms with Crippen molar-refractivity contribution in [2.75, 3.05) is 20.8 Å². The SMILES string of the molecule is COc1cc(Cl)c(OC)c(C2CCCCN2)c1. The first-order valence-electron chi connectivity index (χ1n) is 5.91. The Bertz CT molecular complexity index is 389. The summed E-state index contributed by atoms with van der Waals surface area (Å²) in [5, 5.41) is 4.10. The molecule has 1 unspecified atom stereocenters. The smallest absolute Gasteiger partial charge is 0.142 e. The fourth-order valence-electron chi connectivity index (χ4n) is 2.30. The van der Waals surface area contributed by atoms with Gasteiger partial charge in [0.05, 0.1) is 19.2 Å². The Labute approximate surface area is 107 Å². The van der Waals surface area contributed by atoms with Crippen molar-refractivity contribution >= 4 is 11.6 Å². The second kappa shape index (κ2) is 5.61. The molecule has 17 heavy (non-hydrogen) atoms. The quantitative estimate of drug-likeness (QED) is 0.900. The van der Waals surface area contributed by atoms with Crippen LogP contribution in [0.4, 0.5) is 0 Å². The molecule has 1 fully saturated rings. The number of hydrogen-bond acceptors (Lipinski definition) is 3. The van der Waals surface area contributed by atoms with Gasteiger partial charge in [0.1, 0.15) is 11.5 Å². The van der Waals surface area contributed by atoms with Crippen LogP contribution in [0.2, 0.25) is 5.02 Å². The van der Waals surface area contributed by atoms with Crippen LogP contribution in [0.1, 0.15) is 30.9 Å². The number of benzene rings is 1. The van der Waals surface area contributed by atoms with Crippen molar-refractivity contribution in [3.63, 3.8) is 0 Å². The summed E-state index contributed by atoms with van der Waals surface area (Å²) >= 11 is 6.20. The minimum atomic E-state index is 0.311. The van der Waals surface area contributed by atoms with Crippen molar-refractivity contribution in [1.29, 1.82) is 0 Å². The maximum absolute atomic E-state index is 6.20. The van der Waals surface area contributed by atoms with Crippen molar-refractivity contribution in [2.24, 2.45) is 0 Å².